The van der Waals surface area contributed by atoms with Crippen molar-refractivity contribution in [3.8, 4) is 0 Å². The standard InChI is InChI=1S/C8H14N2O2/c1-9-8(12)7-3-2-4-10(5-7)6-11/h6-7H,2-5H2,1H3,(H,9,12). The second-order valence-corrected chi connectivity index (χ2v) is 3.05. The summed E-state index contributed by atoms with van der Waals surface area (Å²) < 4.78 is 0. The summed E-state index contributed by atoms with van der Waals surface area (Å²) >= 11 is 0. The molecule has 4 nitrogen and oxygen atoms in total. The summed E-state index contributed by atoms with van der Waals surface area (Å²) in [6.07, 6.45) is 2.63. The van der Waals surface area contributed by atoms with E-state index >= 15 is 0 Å². The van der Waals surface area contributed by atoms with E-state index in [1.165, 1.54) is 0 Å². The number of likely N-dealkylation sites (tertiary alicyclic amines) is 1. The number of nitrogens with zero attached hydrogens (tertiary/aromatic N) is 1. The SMILES string of the molecule is CNC(=O)C1CCCN(C=O)C1. The lowest BCUT2D eigenvalue weighted by molar-refractivity contribution is -0.128. The van der Waals surface area contributed by atoms with E-state index < -0.39 is 0 Å². The van der Waals surface area contributed by atoms with Crippen molar-refractivity contribution in [1.82, 2.24) is 10.2 Å². The van der Waals surface area contributed by atoms with Crippen molar-refractivity contribution in [2.45, 2.75) is 12.8 Å². The molecule has 1 aliphatic rings. The van der Waals surface area contributed by atoms with Crippen molar-refractivity contribution in [2.24, 2.45) is 5.92 Å². The van der Waals surface area contributed by atoms with E-state index in [9.17, 15) is 9.59 Å². The van der Waals surface area contributed by atoms with Gasteiger partial charge in [-0.25, -0.2) is 0 Å². The van der Waals surface area contributed by atoms with E-state index in [1.807, 2.05) is 0 Å². The van der Waals surface area contributed by atoms with Gasteiger partial charge >= 0.3 is 0 Å². The molecule has 0 saturated carbocycles. The molecule has 1 fully saturated rings. The van der Waals surface area contributed by atoms with Gasteiger partial charge in [0.1, 0.15) is 0 Å². The average Bonchev–Trinajstić information content (AvgIpc) is 2.17. The van der Waals surface area contributed by atoms with Gasteiger partial charge in [-0.05, 0) is 12.8 Å². The lowest BCUT2D eigenvalue weighted by Crippen LogP contribution is -2.41. The third-order valence-electron chi connectivity index (χ3n) is 2.22. The monoisotopic (exact) mass is 170 g/mol. The zero-order valence-corrected chi connectivity index (χ0v) is 7.25. The predicted molar refractivity (Wildman–Crippen MR) is 44.4 cm³/mol. The maximum atomic E-state index is 11.2. The van der Waals surface area contributed by atoms with Crippen molar-refractivity contribution in [1.29, 1.82) is 0 Å². The van der Waals surface area contributed by atoms with Gasteiger partial charge in [0.15, 0.2) is 0 Å². The Morgan fingerprint density at radius 1 is 1.67 bits per heavy atom. The molecule has 1 atom stereocenters. The van der Waals surface area contributed by atoms with Gasteiger partial charge in [-0.3, -0.25) is 9.59 Å². The van der Waals surface area contributed by atoms with Crippen LogP contribution in [0.3, 0.4) is 0 Å². The van der Waals surface area contributed by atoms with Crippen LogP contribution in [0.5, 0.6) is 0 Å². The normalized spacial score (nSPS) is 23.4. The molecule has 0 bridgehead atoms. The molecule has 1 N–H and O–H groups in total. The highest BCUT2D eigenvalue weighted by Gasteiger charge is 2.23. The molecule has 0 aromatic rings. The van der Waals surface area contributed by atoms with E-state index in [4.69, 9.17) is 0 Å². The largest absolute Gasteiger partial charge is 0.359 e. The van der Waals surface area contributed by atoms with Crippen LogP contribution in [0.25, 0.3) is 0 Å². The van der Waals surface area contributed by atoms with Crippen LogP contribution in [0.15, 0.2) is 0 Å². The van der Waals surface area contributed by atoms with Gasteiger partial charge in [-0.2, -0.15) is 0 Å². The van der Waals surface area contributed by atoms with Crippen LogP contribution in [-0.4, -0.2) is 37.4 Å². The molecule has 2 amide bonds. The zero-order valence-electron chi connectivity index (χ0n) is 7.25. The molecule has 0 spiro atoms. The fourth-order valence-electron chi connectivity index (χ4n) is 1.52. The molecule has 12 heavy (non-hydrogen) atoms. The molecule has 1 heterocycles. The first-order chi connectivity index (χ1) is 5.77. The van der Waals surface area contributed by atoms with Gasteiger partial charge in [0.25, 0.3) is 0 Å². The molecule has 0 aliphatic carbocycles. The molecule has 1 aliphatic heterocycles. The topological polar surface area (TPSA) is 49.4 Å². The molecule has 68 valence electrons. The van der Waals surface area contributed by atoms with Crippen molar-refractivity contribution >= 4 is 12.3 Å². The van der Waals surface area contributed by atoms with Crippen LogP contribution in [0.4, 0.5) is 0 Å². The summed E-state index contributed by atoms with van der Waals surface area (Å²) in [5, 5.41) is 2.60. The van der Waals surface area contributed by atoms with Gasteiger partial charge in [0.05, 0.1) is 5.92 Å². The summed E-state index contributed by atoms with van der Waals surface area (Å²) in [6, 6.07) is 0. The lowest BCUT2D eigenvalue weighted by Gasteiger charge is -2.28. The van der Waals surface area contributed by atoms with Crippen molar-refractivity contribution in [3.05, 3.63) is 0 Å². The minimum Gasteiger partial charge on any atom is -0.359 e. The minimum atomic E-state index is -0.00560. The third-order valence-corrected chi connectivity index (χ3v) is 2.22. The predicted octanol–water partition coefficient (Wildman–Crippen LogP) is -0.399. The Bertz CT molecular complexity index is 182. The molecular weight excluding hydrogens is 156 g/mol. The van der Waals surface area contributed by atoms with Crippen LogP contribution >= 0.6 is 0 Å². The Morgan fingerprint density at radius 2 is 2.42 bits per heavy atom. The summed E-state index contributed by atoms with van der Waals surface area (Å²) in [4.78, 5) is 23.2. The van der Waals surface area contributed by atoms with Crippen LogP contribution in [-0.2, 0) is 9.59 Å². The number of nitrogens with one attached hydrogen (secondary N) is 1. The molecule has 0 aromatic carbocycles. The summed E-state index contributed by atoms with van der Waals surface area (Å²) in [7, 11) is 1.63. The van der Waals surface area contributed by atoms with Crippen molar-refractivity contribution < 1.29 is 9.59 Å². The number of piperidine rings is 1. The minimum absolute atomic E-state index is 0.00560. The zero-order chi connectivity index (χ0) is 8.97. The highest BCUT2D eigenvalue weighted by atomic mass is 16.2. The van der Waals surface area contributed by atoms with Crippen LogP contribution in [0, 0.1) is 5.92 Å². The first-order valence-corrected chi connectivity index (χ1v) is 4.19. The maximum Gasteiger partial charge on any atom is 0.224 e. The Morgan fingerprint density at radius 3 is 3.00 bits per heavy atom. The van der Waals surface area contributed by atoms with Crippen LogP contribution in [0.2, 0.25) is 0 Å². The van der Waals surface area contributed by atoms with Gasteiger partial charge in [-0.1, -0.05) is 0 Å². The van der Waals surface area contributed by atoms with Crippen LogP contribution in [0.1, 0.15) is 12.8 Å². The van der Waals surface area contributed by atoms with E-state index in [-0.39, 0.29) is 11.8 Å². The van der Waals surface area contributed by atoms with E-state index in [0.717, 1.165) is 25.8 Å². The number of carbonyl (C=O) groups is 2. The number of hydrogen-bond donors (Lipinski definition) is 1. The number of rotatable bonds is 2. The second kappa shape index (κ2) is 4.09. The smallest absolute Gasteiger partial charge is 0.224 e. The molecule has 0 radical (unpaired) electrons. The number of amides is 2. The van der Waals surface area contributed by atoms with Crippen molar-refractivity contribution in [3.63, 3.8) is 0 Å². The number of carbonyl (C=O) groups excluding carboxylic acids is 2. The third kappa shape index (κ3) is 1.96. The average molecular weight is 170 g/mol. The van der Waals surface area contributed by atoms with Gasteiger partial charge in [-0.15, -0.1) is 0 Å². The molecular formula is C8H14N2O2. The summed E-state index contributed by atoms with van der Waals surface area (Å²) in [6.45, 7) is 1.36. The lowest BCUT2D eigenvalue weighted by atomic mass is 9.98. The second-order valence-electron chi connectivity index (χ2n) is 3.05. The Kier molecular flexibility index (Phi) is 3.08. The van der Waals surface area contributed by atoms with Crippen molar-refractivity contribution in [2.75, 3.05) is 20.1 Å². The molecule has 0 aromatic heterocycles. The molecule has 4 heteroatoms. The summed E-state index contributed by atoms with van der Waals surface area (Å²) in [5.74, 6) is 0.0375. The molecule has 1 rings (SSSR count). The molecule has 1 saturated heterocycles. The highest BCUT2D eigenvalue weighted by molar-refractivity contribution is 5.78. The number of hydrogen-bond acceptors (Lipinski definition) is 2. The quantitative estimate of drug-likeness (QED) is 0.573. The fraction of sp³-hybridized carbons (Fsp3) is 0.750. The maximum absolute atomic E-state index is 11.2. The highest BCUT2D eigenvalue weighted by Crippen LogP contribution is 2.14. The molecule has 1 unspecified atom stereocenters. The Hall–Kier alpha value is -1.06. The van der Waals surface area contributed by atoms with E-state index in [1.54, 1.807) is 11.9 Å². The van der Waals surface area contributed by atoms with Gasteiger partial charge in [0, 0.05) is 20.1 Å². The van der Waals surface area contributed by atoms with E-state index in [2.05, 4.69) is 5.32 Å². The Balaban J connectivity index is 2.45. The Labute approximate surface area is 71.9 Å². The van der Waals surface area contributed by atoms with Gasteiger partial charge < -0.3 is 10.2 Å². The first-order valence-electron chi connectivity index (χ1n) is 4.19. The van der Waals surface area contributed by atoms with E-state index in [0.29, 0.717) is 6.54 Å². The summed E-state index contributed by atoms with van der Waals surface area (Å²) in [5.41, 5.74) is 0. The fourth-order valence-corrected chi connectivity index (χ4v) is 1.52. The van der Waals surface area contributed by atoms with Crippen LogP contribution < -0.4 is 5.32 Å². The van der Waals surface area contributed by atoms with Gasteiger partial charge in [0.2, 0.25) is 12.3 Å². The first kappa shape index (κ1) is 9.03.